The van der Waals surface area contributed by atoms with Crippen molar-refractivity contribution >= 4 is 21.6 Å². The minimum absolute atomic E-state index is 0.155. The Kier molecular flexibility index (Phi) is 4.32. The van der Waals surface area contributed by atoms with Gasteiger partial charge in [-0.15, -0.1) is 0 Å². The molecule has 0 unspecified atom stereocenters. The summed E-state index contributed by atoms with van der Waals surface area (Å²) in [6, 6.07) is 2.37. The monoisotopic (exact) mass is 327 g/mol. The Labute approximate surface area is 120 Å². The first-order valence-electron chi connectivity index (χ1n) is 6.09. The topological polar surface area (TPSA) is 46.2 Å². The summed E-state index contributed by atoms with van der Waals surface area (Å²) in [7, 11) is -4.20. The molecule has 2 rings (SSSR count). The summed E-state index contributed by atoms with van der Waals surface area (Å²) in [6.45, 7) is 0. The van der Waals surface area contributed by atoms with Crippen LogP contribution in [0.1, 0.15) is 31.2 Å². The van der Waals surface area contributed by atoms with Gasteiger partial charge >= 0.3 is 6.18 Å². The first kappa shape index (κ1) is 15.6. The van der Waals surface area contributed by atoms with Crippen LogP contribution in [-0.4, -0.2) is 14.5 Å². The van der Waals surface area contributed by atoms with Crippen LogP contribution in [0.5, 0.6) is 0 Å². The van der Waals surface area contributed by atoms with Gasteiger partial charge in [0.25, 0.3) is 0 Å². The van der Waals surface area contributed by atoms with E-state index in [0.717, 1.165) is 25.0 Å². The van der Waals surface area contributed by atoms with Crippen molar-refractivity contribution in [1.29, 1.82) is 0 Å². The second kappa shape index (κ2) is 5.54. The lowest BCUT2D eigenvalue weighted by Crippen LogP contribution is -2.33. The number of hydrogen-bond donors (Lipinski definition) is 1. The molecule has 20 heavy (non-hydrogen) atoms. The van der Waals surface area contributed by atoms with Gasteiger partial charge < -0.3 is 0 Å². The van der Waals surface area contributed by atoms with E-state index in [2.05, 4.69) is 4.72 Å². The molecule has 0 aliphatic heterocycles. The van der Waals surface area contributed by atoms with E-state index in [1.807, 2.05) is 0 Å². The third-order valence-corrected chi connectivity index (χ3v) is 5.03. The van der Waals surface area contributed by atoms with E-state index in [0.29, 0.717) is 18.9 Å². The van der Waals surface area contributed by atoms with Gasteiger partial charge in [-0.1, -0.05) is 24.4 Å². The van der Waals surface area contributed by atoms with E-state index in [9.17, 15) is 21.6 Å². The zero-order valence-corrected chi connectivity index (χ0v) is 11.9. The largest absolute Gasteiger partial charge is 0.417 e. The summed E-state index contributed by atoms with van der Waals surface area (Å²) < 4.78 is 65.3. The molecule has 1 saturated carbocycles. The lowest BCUT2D eigenvalue weighted by atomic mass is 10.2. The fourth-order valence-corrected chi connectivity index (χ4v) is 3.97. The zero-order valence-electron chi connectivity index (χ0n) is 10.4. The van der Waals surface area contributed by atoms with E-state index >= 15 is 0 Å². The van der Waals surface area contributed by atoms with Crippen LogP contribution in [0.15, 0.2) is 23.1 Å². The van der Waals surface area contributed by atoms with Crippen LogP contribution in [0.25, 0.3) is 0 Å². The fourth-order valence-electron chi connectivity index (χ4n) is 2.28. The van der Waals surface area contributed by atoms with Gasteiger partial charge in [0.2, 0.25) is 10.0 Å². The highest BCUT2D eigenvalue weighted by molar-refractivity contribution is 7.89. The summed E-state index contributed by atoms with van der Waals surface area (Å²) in [5.74, 6) is 0. The Balaban J connectivity index is 2.40. The van der Waals surface area contributed by atoms with Gasteiger partial charge in [0.15, 0.2) is 0 Å². The lowest BCUT2D eigenvalue weighted by Gasteiger charge is -2.17. The van der Waals surface area contributed by atoms with E-state index in [-0.39, 0.29) is 11.1 Å². The highest BCUT2D eigenvalue weighted by atomic mass is 35.5. The Morgan fingerprint density at radius 1 is 1.20 bits per heavy atom. The molecule has 1 N–H and O–H groups in total. The molecule has 0 spiro atoms. The summed E-state index contributed by atoms with van der Waals surface area (Å²) >= 11 is 5.53. The third-order valence-electron chi connectivity index (χ3n) is 3.21. The number of sulfonamides is 1. The maximum atomic E-state index is 12.9. The lowest BCUT2D eigenvalue weighted by molar-refractivity contribution is -0.139. The van der Waals surface area contributed by atoms with Gasteiger partial charge in [0.05, 0.1) is 10.5 Å². The molecular weight excluding hydrogens is 315 g/mol. The molecule has 0 atom stereocenters. The predicted octanol–water partition coefficient (Wildman–Crippen LogP) is 3.58. The molecule has 0 saturated heterocycles. The van der Waals surface area contributed by atoms with Gasteiger partial charge in [-0.2, -0.15) is 13.2 Å². The summed E-state index contributed by atoms with van der Waals surface area (Å²) in [5, 5.41) is -0.155. The molecule has 1 aliphatic rings. The van der Waals surface area contributed by atoms with Crippen molar-refractivity contribution in [2.75, 3.05) is 0 Å². The maximum absolute atomic E-state index is 12.9. The van der Waals surface area contributed by atoms with Gasteiger partial charge in [-0.3, -0.25) is 0 Å². The fraction of sp³-hybridized carbons (Fsp3) is 0.500. The molecule has 0 bridgehead atoms. The SMILES string of the molecule is O=S(=O)(NC1CCCC1)c1ccc(Cl)cc1C(F)(F)F. The number of halogens is 4. The minimum atomic E-state index is -4.77. The first-order valence-corrected chi connectivity index (χ1v) is 7.95. The van der Waals surface area contributed by atoms with Gasteiger partial charge in [-0.05, 0) is 31.0 Å². The van der Waals surface area contributed by atoms with Crippen LogP contribution in [0.2, 0.25) is 5.02 Å². The molecule has 0 heterocycles. The molecule has 1 aromatic rings. The predicted molar refractivity (Wildman–Crippen MR) is 69.0 cm³/mol. The molecule has 112 valence electrons. The van der Waals surface area contributed by atoms with Crippen molar-refractivity contribution in [2.45, 2.75) is 42.8 Å². The quantitative estimate of drug-likeness (QED) is 0.922. The first-order chi connectivity index (χ1) is 9.20. The molecular formula is C12H13ClF3NO2S. The maximum Gasteiger partial charge on any atom is 0.417 e. The van der Waals surface area contributed by atoms with E-state index in [1.54, 1.807) is 0 Å². The average molecular weight is 328 g/mol. The number of rotatable bonds is 3. The standard InChI is InChI=1S/C12H13ClF3NO2S/c13-8-5-6-11(10(7-8)12(14,15)16)20(18,19)17-9-3-1-2-4-9/h5-7,9,17H,1-4H2. The van der Waals surface area contributed by atoms with E-state index in [4.69, 9.17) is 11.6 Å². The Bertz CT molecular complexity index is 595. The van der Waals surface area contributed by atoms with Crippen LogP contribution in [-0.2, 0) is 16.2 Å². The van der Waals surface area contributed by atoms with Gasteiger partial charge in [0.1, 0.15) is 0 Å². The summed E-state index contributed by atoms with van der Waals surface area (Å²) in [4.78, 5) is -0.777. The second-order valence-corrected chi connectivity index (χ2v) is 6.86. The zero-order chi connectivity index (χ0) is 15.0. The van der Waals surface area contributed by atoms with E-state index < -0.39 is 26.7 Å². The molecule has 1 fully saturated rings. The van der Waals surface area contributed by atoms with Crippen molar-refractivity contribution in [3.05, 3.63) is 28.8 Å². The van der Waals surface area contributed by atoms with Gasteiger partial charge in [0, 0.05) is 11.1 Å². The van der Waals surface area contributed by atoms with E-state index in [1.165, 1.54) is 0 Å². The number of benzene rings is 1. The highest BCUT2D eigenvalue weighted by Crippen LogP contribution is 2.36. The smallest absolute Gasteiger partial charge is 0.208 e. The minimum Gasteiger partial charge on any atom is -0.208 e. The molecule has 1 aromatic carbocycles. The van der Waals surface area contributed by atoms with Crippen LogP contribution in [0.4, 0.5) is 13.2 Å². The van der Waals surface area contributed by atoms with Crippen molar-refractivity contribution in [3.8, 4) is 0 Å². The van der Waals surface area contributed by atoms with Crippen molar-refractivity contribution < 1.29 is 21.6 Å². The van der Waals surface area contributed by atoms with Crippen molar-refractivity contribution in [3.63, 3.8) is 0 Å². The highest BCUT2D eigenvalue weighted by Gasteiger charge is 2.38. The normalized spacial score (nSPS) is 17.6. The van der Waals surface area contributed by atoms with Crippen LogP contribution < -0.4 is 4.72 Å². The molecule has 1 aliphatic carbocycles. The Morgan fingerprint density at radius 2 is 1.80 bits per heavy atom. The number of hydrogen-bond acceptors (Lipinski definition) is 2. The Hall–Kier alpha value is -0.790. The molecule has 0 amide bonds. The second-order valence-electron chi connectivity index (χ2n) is 4.74. The van der Waals surface area contributed by atoms with Crippen LogP contribution >= 0.6 is 11.6 Å². The van der Waals surface area contributed by atoms with Crippen molar-refractivity contribution in [1.82, 2.24) is 4.72 Å². The number of alkyl halides is 3. The summed E-state index contributed by atoms with van der Waals surface area (Å²) in [5.41, 5.74) is -1.24. The Morgan fingerprint density at radius 3 is 2.35 bits per heavy atom. The van der Waals surface area contributed by atoms with Crippen LogP contribution in [0, 0.1) is 0 Å². The number of nitrogens with one attached hydrogen (secondary N) is 1. The average Bonchev–Trinajstić information content (AvgIpc) is 2.79. The molecule has 8 heteroatoms. The van der Waals surface area contributed by atoms with Crippen LogP contribution in [0.3, 0.4) is 0 Å². The van der Waals surface area contributed by atoms with Crippen molar-refractivity contribution in [2.24, 2.45) is 0 Å². The molecule has 0 aromatic heterocycles. The third kappa shape index (κ3) is 3.45. The molecule has 3 nitrogen and oxygen atoms in total. The molecule has 0 radical (unpaired) electrons. The summed E-state index contributed by atoms with van der Waals surface area (Å²) in [6.07, 6.45) is -1.73. The van der Waals surface area contributed by atoms with Gasteiger partial charge in [-0.25, -0.2) is 13.1 Å².